The molecule has 0 fully saturated rings. The van der Waals surface area contributed by atoms with E-state index < -0.39 is 40.4 Å². The van der Waals surface area contributed by atoms with Crippen LogP contribution in [0.15, 0.2) is 59.5 Å². The highest BCUT2D eigenvalue weighted by Gasteiger charge is 2.70. The summed E-state index contributed by atoms with van der Waals surface area (Å²) in [4.78, 5) is 13.0. The average Bonchev–Trinajstić information content (AvgIpc) is 2.69. The van der Waals surface area contributed by atoms with Crippen LogP contribution in [0.2, 0.25) is 0 Å². The predicted molar refractivity (Wildman–Crippen MR) is 99.0 cm³/mol. The second-order valence-electron chi connectivity index (χ2n) is 6.30. The highest BCUT2D eigenvalue weighted by molar-refractivity contribution is 7.89. The minimum Gasteiger partial charge on any atom is -0.315 e. The number of carbonyl (C=O) groups is 1. The lowest BCUT2D eigenvalue weighted by Gasteiger charge is -2.36. The summed E-state index contributed by atoms with van der Waals surface area (Å²) in [5, 5.41) is 0.803. The number of hydrogen-bond acceptors (Lipinski definition) is 3. The molecule has 0 aliphatic heterocycles. The van der Waals surface area contributed by atoms with Gasteiger partial charge in [0.2, 0.25) is 5.54 Å². The Morgan fingerprint density at radius 2 is 1.39 bits per heavy atom. The molecule has 2 aromatic carbocycles. The molecule has 2 amide bonds. The van der Waals surface area contributed by atoms with Crippen LogP contribution in [-0.2, 0) is 10.0 Å². The monoisotopic (exact) mass is 469 g/mol. The summed E-state index contributed by atoms with van der Waals surface area (Å²) in [5.74, 6) is 0. The third-order valence-electron chi connectivity index (χ3n) is 4.39. The highest BCUT2D eigenvalue weighted by Crippen LogP contribution is 2.45. The maximum Gasteiger partial charge on any atom is 0.420 e. The molecule has 2 aromatic rings. The van der Waals surface area contributed by atoms with E-state index in [0.717, 1.165) is 11.4 Å². The molecule has 0 heterocycles. The molecule has 0 radical (unpaired) electrons. The van der Waals surface area contributed by atoms with Gasteiger partial charge in [0.15, 0.2) is 0 Å². The van der Waals surface area contributed by atoms with Crippen molar-refractivity contribution in [3.8, 4) is 11.1 Å². The smallest absolute Gasteiger partial charge is 0.315 e. The fourth-order valence-electron chi connectivity index (χ4n) is 2.74. The van der Waals surface area contributed by atoms with Gasteiger partial charge in [-0.1, -0.05) is 55.5 Å². The number of rotatable bonds is 6. The zero-order chi connectivity index (χ0) is 23.5. The van der Waals surface area contributed by atoms with Gasteiger partial charge >= 0.3 is 18.4 Å². The van der Waals surface area contributed by atoms with E-state index >= 15 is 0 Å². The van der Waals surface area contributed by atoms with Crippen molar-refractivity contribution in [3.63, 3.8) is 0 Å². The van der Waals surface area contributed by atoms with Crippen molar-refractivity contribution < 1.29 is 39.6 Å². The zero-order valence-electron chi connectivity index (χ0n) is 15.8. The van der Waals surface area contributed by atoms with Crippen molar-refractivity contribution in [3.05, 3.63) is 54.6 Å². The Bertz CT molecular complexity index is 1010. The Morgan fingerprint density at radius 3 is 1.90 bits per heavy atom. The number of nitrogens with one attached hydrogen (secondary N) is 3. The summed E-state index contributed by atoms with van der Waals surface area (Å²) in [5.41, 5.74) is -2.53. The third kappa shape index (κ3) is 5.10. The van der Waals surface area contributed by atoms with Gasteiger partial charge in [-0.05, 0) is 18.1 Å². The first-order valence-electron chi connectivity index (χ1n) is 8.63. The first-order valence-corrected chi connectivity index (χ1v) is 10.1. The van der Waals surface area contributed by atoms with Gasteiger partial charge in [0.05, 0.1) is 4.90 Å². The molecule has 0 aliphatic carbocycles. The number of alkyl halides is 6. The second-order valence-corrected chi connectivity index (χ2v) is 7.95. The van der Waals surface area contributed by atoms with Gasteiger partial charge in [-0.25, -0.2) is 13.2 Å². The van der Waals surface area contributed by atoms with Gasteiger partial charge in [0.1, 0.15) is 0 Å². The number of amides is 2. The van der Waals surface area contributed by atoms with Crippen LogP contribution >= 0.6 is 0 Å². The average molecular weight is 469 g/mol. The summed E-state index contributed by atoms with van der Waals surface area (Å²) in [6.45, 7) is 0.585. The Balaban J connectivity index is 2.26. The van der Waals surface area contributed by atoms with Crippen molar-refractivity contribution in [1.82, 2.24) is 15.6 Å². The largest absolute Gasteiger partial charge is 0.420 e. The third-order valence-corrected chi connectivity index (χ3v) is 5.69. The number of sulfonamides is 1. The maximum absolute atomic E-state index is 13.1. The van der Waals surface area contributed by atoms with Crippen molar-refractivity contribution in [2.45, 2.75) is 36.1 Å². The molecule has 0 saturated carbocycles. The lowest BCUT2D eigenvalue weighted by molar-refractivity contribution is -0.304. The van der Waals surface area contributed by atoms with Crippen molar-refractivity contribution in [2.75, 3.05) is 0 Å². The predicted octanol–water partition coefficient (Wildman–Crippen LogP) is 4.12. The zero-order valence-corrected chi connectivity index (χ0v) is 16.6. The summed E-state index contributed by atoms with van der Waals surface area (Å²) < 4.78 is 104. The van der Waals surface area contributed by atoms with E-state index in [1.807, 2.05) is 0 Å². The van der Waals surface area contributed by atoms with Gasteiger partial charge in [0.25, 0.3) is 10.0 Å². The first-order chi connectivity index (χ1) is 14.2. The Kier molecular flexibility index (Phi) is 6.90. The van der Waals surface area contributed by atoms with E-state index in [4.69, 9.17) is 0 Å². The first kappa shape index (κ1) is 24.5. The normalized spacial score (nSPS) is 13.0. The van der Waals surface area contributed by atoms with Crippen molar-refractivity contribution in [2.24, 2.45) is 0 Å². The van der Waals surface area contributed by atoms with E-state index in [9.17, 15) is 39.6 Å². The van der Waals surface area contributed by atoms with E-state index in [1.165, 1.54) is 28.5 Å². The molecule has 170 valence electrons. The Labute approximate surface area is 173 Å². The summed E-state index contributed by atoms with van der Waals surface area (Å²) in [6, 6.07) is 11.6. The number of benzene rings is 2. The fraction of sp³-hybridized carbons (Fsp3) is 0.278. The minimum absolute atomic E-state index is 0.200. The second kappa shape index (κ2) is 8.75. The quantitative estimate of drug-likeness (QED) is 0.440. The van der Waals surface area contributed by atoms with E-state index in [-0.39, 0.29) is 10.5 Å². The summed E-state index contributed by atoms with van der Waals surface area (Å²) >= 11 is 0. The van der Waals surface area contributed by atoms with Gasteiger partial charge in [-0.3, -0.25) is 5.43 Å². The molecular weight excluding hydrogens is 452 g/mol. The van der Waals surface area contributed by atoms with Crippen LogP contribution in [0, 0.1) is 0 Å². The highest BCUT2D eigenvalue weighted by atomic mass is 32.2. The number of hydrogen-bond donors (Lipinski definition) is 3. The lowest BCUT2D eigenvalue weighted by atomic mass is 9.94. The van der Waals surface area contributed by atoms with Gasteiger partial charge in [-0.15, -0.1) is 4.83 Å². The summed E-state index contributed by atoms with van der Waals surface area (Å²) in [6.07, 6.45) is -13.3. The van der Waals surface area contributed by atoms with Crippen LogP contribution in [0.4, 0.5) is 31.1 Å². The van der Waals surface area contributed by atoms with E-state index in [2.05, 4.69) is 0 Å². The number of halogens is 6. The molecule has 0 aromatic heterocycles. The van der Waals surface area contributed by atoms with Gasteiger partial charge in [0, 0.05) is 5.56 Å². The topological polar surface area (TPSA) is 87.3 Å². The van der Waals surface area contributed by atoms with Crippen LogP contribution in [0.25, 0.3) is 11.1 Å². The fourth-order valence-corrected chi connectivity index (χ4v) is 3.81. The molecule has 0 bridgehead atoms. The molecule has 0 unspecified atom stereocenters. The van der Waals surface area contributed by atoms with Crippen LogP contribution in [-0.4, -0.2) is 32.3 Å². The molecule has 6 nitrogen and oxygen atoms in total. The maximum atomic E-state index is 13.1. The van der Waals surface area contributed by atoms with Crippen LogP contribution in [0.5, 0.6) is 0 Å². The molecule has 0 aliphatic rings. The van der Waals surface area contributed by atoms with E-state index in [0.29, 0.717) is 12.5 Å². The van der Waals surface area contributed by atoms with Crippen molar-refractivity contribution >= 4 is 16.1 Å². The number of carbonyl (C=O) groups excluding carboxylic acids is 1. The SMILES string of the molecule is CCC(NC(=O)NNS(=O)(=O)c1ccccc1-c1ccccc1)(C(F)(F)F)C(F)(F)F. The molecule has 0 atom stereocenters. The molecule has 3 N–H and O–H groups in total. The lowest BCUT2D eigenvalue weighted by Crippen LogP contribution is -2.69. The Hall–Kier alpha value is -2.80. The molecule has 2 rings (SSSR count). The Morgan fingerprint density at radius 1 is 0.871 bits per heavy atom. The minimum atomic E-state index is -5.88. The molecule has 31 heavy (non-hydrogen) atoms. The van der Waals surface area contributed by atoms with Gasteiger partial charge < -0.3 is 5.32 Å². The molecular formula is C18H17F6N3O3S. The molecule has 0 saturated heterocycles. The number of hydrazine groups is 1. The molecule has 0 spiro atoms. The van der Waals surface area contributed by atoms with Crippen LogP contribution in [0.3, 0.4) is 0 Å². The van der Waals surface area contributed by atoms with Crippen LogP contribution in [0.1, 0.15) is 13.3 Å². The van der Waals surface area contributed by atoms with Gasteiger partial charge in [-0.2, -0.15) is 26.3 Å². The molecule has 13 heteroatoms. The van der Waals surface area contributed by atoms with Crippen LogP contribution < -0.4 is 15.6 Å². The van der Waals surface area contributed by atoms with E-state index in [1.54, 1.807) is 30.3 Å². The summed E-state index contributed by atoms with van der Waals surface area (Å²) in [7, 11) is -4.55. The standard InChI is InChI=1S/C18H17F6N3O3S/c1-2-16(17(19,20)21,18(22,23)24)25-15(28)26-27-31(29,30)14-11-7-6-10-13(14)12-8-4-3-5-9-12/h3-11,27H,2H2,1H3,(H2,25,26,28). The van der Waals surface area contributed by atoms with Crippen molar-refractivity contribution in [1.29, 1.82) is 0 Å². The number of urea groups is 1.